The van der Waals surface area contributed by atoms with Crippen LogP contribution in [0.15, 0.2) is 18.2 Å². The maximum absolute atomic E-state index is 11.7. The zero-order valence-electron chi connectivity index (χ0n) is 11.4. The fourth-order valence-corrected chi connectivity index (χ4v) is 1.48. The highest BCUT2D eigenvalue weighted by molar-refractivity contribution is 6.31. The average Bonchev–Trinajstić information content (AvgIpc) is 2.36. The van der Waals surface area contributed by atoms with Gasteiger partial charge >= 0.3 is 0 Å². The third-order valence-electron chi connectivity index (χ3n) is 2.61. The van der Waals surface area contributed by atoms with E-state index in [1.54, 1.807) is 24.1 Å². The third-order valence-corrected chi connectivity index (χ3v) is 3.04. The van der Waals surface area contributed by atoms with Crippen molar-refractivity contribution in [1.82, 2.24) is 10.2 Å². The molecule has 19 heavy (non-hydrogen) atoms. The molecule has 4 nitrogen and oxygen atoms in total. The lowest BCUT2D eigenvalue weighted by atomic mass is 10.2. The molecule has 0 aliphatic heterocycles. The summed E-state index contributed by atoms with van der Waals surface area (Å²) in [5, 5.41) is 3.69. The summed E-state index contributed by atoms with van der Waals surface area (Å²) >= 11 is 5.91. The largest absolute Gasteiger partial charge is 0.484 e. The number of benzene rings is 1. The Morgan fingerprint density at radius 1 is 1.47 bits per heavy atom. The molecule has 0 saturated heterocycles. The highest BCUT2D eigenvalue weighted by atomic mass is 35.5. The van der Waals surface area contributed by atoms with Crippen molar-refractivity contribution >= 4 is 29.9 Å². The van der Waals surface area contributed by atoms with E-state index in [1.165, 1.54) is 0 Å². The van der Waals surface area contributed by atoms with Gasteiger partial charge in [0.25, 0.3) is 5.91 Å². The predicted molar refractivity (Wildman–Crippen MR) is 80.5 cm³/mol. The smallest absolute Gasteiger partial charge is 0.260 e. The van der Waals surface area contributed by atoms with Crippen LogP contribution < -0.4 is 10.1 Å². The number of halogens is 2. The second kappa shape index (κ2) is 9.02. The Morgan fingerprint density at radius 3 is 2.74 bits per heavy atom. The minimum absolute atomic E-state index is 0. The van der Waals surface area contributed by atoms with Crippen molar-refractivity contribution in [3.63, 3.8) is 0 Å². The lowest BCUT2D eigenvalue weighted by molar-refractivity contribution is -0.131. The molecule has 0 fully saturated rings. The molecule has 0 atom stereocenters. The molecule has 1 amide bonds. The fraction of sp³-hybridized carbons (Fsp3) is 0.462. The van der Waals surface area contributed by atoms with Crippen LogP contribution in [0.25, 0.3) is 0 Å². The first kappa shape index (κ1) is 18.0. The summed E-state index contributed by atoms with van der Waals surface area (Å²) in [6.45, 7) is 3.37. The van der Waals surface area contributed by atoms with Crippen molar-refractivity contribution in [2.45, 2.75) is 6.92 Å². The van der Waals surface area contributed by atoms with E-state index in [1.807, 2.05) is 20.0 Å². The van der Waals surface area contributed by atoms with Crippen molar-refractivity contribution < 1.29 is 9.53 Å². The van der Waals surface area contributed by atoms with E-state index in [-0.39, 0.29) is 24.9 Å². The number of rotatable bonds is 6. The Morgan fingerprint density at radius 2 is 2.16 bits per heavy atom. The van der Waals surface area contributed by atoms with Crippen LogP contribution in [0.1, 0.15) is 5.56 Å². The van der Waals surface area contributed by atoms with Gasteiger partial charge in [-0.05, 0) is 37.7 Å². The third kappa shape index (κ3) is 6.14. The van der Waals surface area contributed by atoms with Gasteiger partial charge in [0.05, 0.1) is 0 Å². The molecular formula is C13H20Cl2N2O2. The standard InChI is InChI=1S/C13H19ClN2O2.ClH/c1-10-8-11(4-5-12(10)14)18-9-13(17)16(3)7-6-15-2;/h4-5,8,15H,6-7,9H2,1-3H3;1H. The molecule has 0 aliphatic carbocycles. The van der Waals surface area contributed by atoms with Crippen LogP contribution in [0.2, 0.25) is 5.02 Å². The first-order valence-electron chi connectivity index (χ1n) is 5.82. The normalized spacial score (nSPS) is 9.68. The number of nitrogens with one attached hydrogen (secondary N) is 1. The number of likely N-dealkylation sites (N-methyl/N-ethyl adjacent to an activating group) is 2. The molecule has 0 radical (unpaired) electrons. The van der Waals surface area contributed by atoms with E-state index in [4.69, 9.17) is 16.3 Å². The summed E-state index contributed by atoms with van der Waals surface area (Å²) < 4.78 is 5.43. The summed E-state index contributed by atoms with van der Waals surface area (Å²) in [6.07, 6.45) is 0. The zero-order valence-corrected chi connectivity index (χ0v) is 13.0. The first-order valence-corrected chi connectivity index (χ1v) is 6.20. The Labute approximate surface area is 125 Å². The number of nitrogens with zero attached hydrogens (tertiary/aromatic N) is 1. The van der Waals surface area contributed by atoms with Crippen molar-refractivity contribution in [3.8, 4) is 5.75 Å². The summed E-state index contributed by atoms with van der Waals surface area (Å²) in [4.78, 5) is 13.4. The second-order valence-electron chi connectivity index (χ2n) is 4.12. The minimum Gasteiger partial charge on any atom is -0.484 e. The lowest BCUT2D eigenvalue weighted by Gasteiger charge is -2.17. The van der Waals surface area contributed by atoms with Gasteiger partial charge in [-0.2, -0.15) is 0 Å². The fourth-order valence-electron chi connectivity index (χ4n) is 1.37. The second-order valence-corrected chi connectivity index (χ2v) is 4.53. The maximum Gasteiger partial charge on any atom is 0.260 e. The molecule has 0 aromatic heterocycles. The Balaban J connectivity index is 0.00000324. The van der Waals surface area contributed by atoms with Gasteiger partial charge in [-0.3, -0.25) is 4.79 Å². The van der Waals surface area contributed by atoms with Crippen molar-refractivity contribution in [2.24, 2.45) is 0 Å². The number of carbonyl (C=O) groups is 1. The van der Waals surface area contributed by atoms with E-state index >= 15 is 0 Å². The van der Waals surface area contributed by atoms with Crippen molar-refractivity contribution in [2.75, 3.05) is 33.8 Å². The summed E-state index contributed by atoms with van der Waals surface area (Å²) in [6, 6.07) is 5.35. The number of amides is 1. The molecule has 0 bridgehead atoms. The molecule has 1 rings (SSSR count). The monoisotopic (exact) mass is 306 g/mol. The van der Waals surface area contributed by atoms with Crippen LogP contribution in [-0.4, -0.2) is 44.6 Å². The van der Waals surface area contributed by atoms with E-state index < -0.39 is 0 Å². The number of ether oxygens (including phenoxy) is 1. The molecule has 0 spiro atoms. The van der Waals surface area contributed by atoms with Gasteiger partial charge in [-0.1, -0.05) is 11.6 Å². The SMILES string of the molecule is CNCCN(C)C(=O)COc1ccc(Cl)c(C)c1.Cl. The quantitative estimate of drug-likeness (QED) is 0.875. The topological polar surface area (TPSA) is 41.6 Å². The van der Waals surface area contributed by atoms with E-state index in [9.17, 15) is 4.79 Å². The molecule has 0 unspecified atom stereocenters. The summed E-state index contributed by atoms with van der Waals surface area (Å²) in [5.41, 5.74) is 0.935. The van der Waals surface area contributed by atoms with Gasteiger partial charge in [0.2, 0.25) is 0 Å². The van der Waals surface area contributed by atoms with Gasteiger partial charge in [-0.25, -0.2) is 0 Å². The van der Waals surface area contributed by atoms with E-state index in [0.29, 0.717) is 17.3 Å². The number of aryl methyl sites for hydroxylation is 1. The van der Waals surface area contributed by atoms with Crippen LogP contribution in [0, 0.1) is 6.92 Å². The molecule has 6 heteroatoms. The first-order chi connectivity index (χ1) is 8.54. The van der Waals surface area contributed by atoms with Gasteiger partial charge in [-0.15, -0.1) is 12.4 Å². The number of carbonyl (C=O) groups excluding carboxylic acids is 1. The molecule has 0 heterocycles. The molecular weight excluding hydrogens is 287 g/mol. The van der Waals surface area contributed by atoms with Gasteiger partial charge < -0.3 is 15.0 Å². The van der Waals surface area contributed by atoms with Crippen LogP contribution in [0.3, 0.4) is 0 Å². The molecule has 108 valence electrons. The minimum atomic E-state index is -0.0437. The highest BCUT2D eigenvalue weighted by Crippen LogP contribution is 2.20. The van der Waals surface area contributed by atoms with Gasteiger partial charge in [0.15, 0.2) is 6.61 Å². The molecule has 0 saturated carbocycles. The Bertz CT molecular complexity index is 414. The van der Waals surface area contributed by atoms with Gasteiger partial charge in [0, 0.05) is 25.2 Å². The van der Waals surface area contributed by atoms with Crippen LogP contribution >= 0.6 is 24.0 Å². The zero-order chi connectivity index (χ0) is 13.5. The van der Waals surface area contributed by atoms with Crippen molar-refractivity contribution in [3.05, 3.63) is 28.8 Å². The number of hydrogen-bond donors (Lipinski definition) is 1. The van der Waals surface area contributed by atoms with Crippen LogP contribution in [-0.2, 0) is 4.79 Å². The maximum atomic E-state index is 11.7. The number of hydrogen-bond acceptors (Lipinski definition) is 3. The van der Waals surface area contributed by atoms with Crippen LogP contribution in [0.5, 0.6) is 5.75 Å². The highest BCUT2D eigenvalue weighted by Gasteiger charge is 2.09. The molecule has 1 aromatic rings. The molecule has 1 N–H and O–H groups in total. The van der Waals surface area contributed by atoms with E-state index in [2.05, 4.69) is 5.32 Å². The molecule has 0 aliphatic rings. The average molecular weight is 307 g/mol. The molecule has 1 aromatic carbocycles. The predicted octanol–water partition coefficient (Wildman–Crippen LogP) is 2.13. The summed E-state index contributed by atoms with van der Waals surface area (Å²) in [5.74, 6) is 0.616. The van der Waals surface area contributed by atoms with Crippen molar-refractivity contribution in [1.29, 1.82) is 0 Å². The van der Waals surface area contributed by atoms with E-state index in [0.717, 1.165) is 12.1 Å². The summed E-state index contributed by atoms with van der Waals surface area (Å²) in [7, 11) is 3.61. The van der Waals surface area contributed by atoms with Crippen LogP contribution in [0.4, 0.5) is 0 Å². The Kier molecular flexibility index (Phi) is 8.56. The lowest BCUT2D eigenvalue weighted by Crippen LogP contribution is -2.35. The van der Waals surface area contributed by atoms with Gasteiger partial charge in [0.1, 0.15) is 5.75 Å². The Hall–Kier alpha value is -0.970.